The van der Waals surface area contributed by atoms with Gasteiger partial charge < -0.3 is 9.47 Å². The molecule has 0 saturated carbocycles. The monoisotopic (exact) mass is 262 g/mol. The van der Waals surface area contributed by atoms with E-state index in [-0.39, 0.29) is 12.1 Å². The van der Waals surface area contributed by atoms with Crippen molar-refractivity contribution in [2.45, 2.75) is 39.3 Å². The first-order valence-electron chi connectivity index (χ1n) is 6.47. The maximum atomic E-state index is 11.4. The smallest absolute Gasteiger partial charge is 0.332 e. The molecule has 5 nitrogen and oxygen atoms in total. The second kappa shape index (κ2) is 5.82. The van der Waals surface area contributed by atoms with Crippen LogP contribution < -0.4 is 4.74 Å². The van der Waals surface area contributed by atoms with E-state index in [0.717, 1.165) is 23.4 Å². The first-order chi connectivity index (χ1) is 9.10. The Morgan fingerprint density at radius 2 is 2.37 bits per heavy atom. The average molecular weight is 262 g/mol. The average Bonchev–Trinajstić information content (AvgIpc) is 2.75. The summed E-state index contributed by atoms with van der Waals surface area (Å²) in [7, 11) is 0. The lowest BCUT2D eigenvalue weighted by molar-refractivity contribution is -0.144. The van der Waals surface area contributed by atoms with Gasteiger partial charge in [0.05, 0.1) is 12.3 Å². The summed E-state index contributed by atoms with van der Waals surface area (Å²) in [5.74, 6) is 0.550. The zero-order valence-corrected chi connectivity index (χ0v) is 11.4. The summed E-state index contributed by atoms with van der Waals surface area (Å²) in [6, 6.07) is 5.09. The minimum Gasteiger partial charge on any atom is -0.490 e. The van der Waals surface area contributed by atoms with E-state index >= 15 is 0 Å². The standard InChI is InChI=1S/C14H18N2O3/c1-4-18-14(17)10(3)15-16-12-5-6-13-11(8-12)7-9(2)19-13/h5-6,8-10H,4,7H2,1-3H3. The van der Waals surface area contributed by atoms with E-state index in [0.29, 0.717) is 6.61 Å². The SMILES string of the molecule is CCOC(=O)C(C)N=Nc1ccc2c(c1)CC(C)O2. The molecule has 2 unspecified atom stereocenters. The van der Waals surface area contributed by atoms with Crippen molar-refractivity contribution < 1.29 is 14.3 Å². The molecule has 1 aliphatic rings. The lowest BCUT2D eigenvalue weighted by atomic mass is 10.1. The van der Waals surface area contributed by atoms with Crippen LogP contribution in [0.2, 0.25) is 0 Å². The third-order valence-electron chi connectivity index (χ3n) is 2.85. The molecule has 0 aliphatic carbocycles. The summed E-state index contributed by atoms with van der Waals surface area (Å²) < 4.78 is 10.5. The lowest BCUT2D eigenvalue weighted by Crippen LogP contribution is -2.17. The number of rotatable bonds is 4. The Morgan fingerprint density at radius 3 is 3.11 bits per heavy atom. The van der Waals surface area contributed by atoms with Gasteiger partial charge in [-0.3, -0.25) is 0 Å². The number of azo groups is 1. The molecule has 0 aromatic heterocycles. The first-order valence-corrected chi connectivity index (χ1v) is 6.47. The van der Waals surface area contributed by atoms with Crippen molar-refractivity contribution >= 4 is 11.7 Å². The molecular formula is C14H18N2O3. The maximum absolute atomic E-state index is 11.4. The Morgan fingerprint density at radius 1 is 1.58 bits per heavy atom. The summed E-state index contributed by atoms with van der Waals surface area (Å²) >= 11 is 0. The topological polar surface area (TPSA) is 60.2 Å². The second-order valence-corrected chi connectivity index (χ2v) is 4.57. The summed E-state index contributed by atoms with van der Waals surface area (Å²) in [6.07, 6.45) is 1.09. The maximum Gasteiger partial charge on any atom is 0.332 e. The lowest BCUT2D eigenvalue weighted by Gasteiger charge is -2.04. The summed E-state index contributed by atoms with van der Waals surface area (Å²) in [6.45, 7) is 5.82. The highest BCUT2D eigenvalue weighted by atomic mass is 16.5. The largest absolute Gasteiger partial charge is 0.490 e. The quantitative estimate of drug-likeness (QED) is 0.619. The van der Waals surface area contributed by atoms with Crippen LogP contribution in [0.25, 0.3) is 0 Å². The highest BCUT2D eigenvalue weighted by molar-refractivity contribution is 5.75. The fraction of sp³-hybridized carbons (Fsp3) is 0.500. The minimum atomic E-state index is -0.580. The van der Waals surface area contributed by atoms with Gasteiger partial charge in [-0.2, -0.15) is 10.2 Å². The Labute approximate surface area is 112 Å². The van der Waals surface area contributed by atoms with Crippen molar-refractivity contribution in [2.24, 2.45) is 10.2 Å². The number of nitrogens with zero attached hydrogens (tertiary/aromatic N) is 2. The number of carbonyl (C=O) groups excluding carboxylic acids is 1. The van der Waals surface area contributed by atoms with Crippen LogP contribution in [0.4, 0.5) is 5.69 Å². The van der Waals surface area contributed by atoms with E-state index < -0.39 is 6.04 Å². The highest BCUT2D eigenvalue weighted by Crippen LogP contribution is 2.32. The molecule has 0 bridgehead atoms. The fourth-order valence-electron chi connectivity index (χ4n) is 1.93. The van der Waals surface area contributed by atoms with Crippen LogP contribution >= 0.6 is 0 Å². The molecule has 0 fully saturated rings. The van der Waals surface area contributed by atoms with Gasteiger partial charge in [0, 0.05) is 6.42 Å². The molecule has 1 aromatic rings. The molecule has 5 heteroatoms. The normalized spacial score (nSPS) is 19.0. The molecule has 0 spiro atoms. The molecule has 1 aromatic carbocycles. The number of fused-ring (bicyclic) bond motifs is 1. The Bertz CT molecular complexity index is 499. The van der Waals surface area contributed by atoms with Crippen molar-refractivity contribution in [1.82, 2.24) is 0 Å². The summed E-state index contributed by atoms with van der Waals surface area (Å²) in [5, 5.41) is 8.05. The molecule has 0 amide bonds. The Balaban J connectivity index is 2.04. The fourth-order valence-corrected chi connectivity index (χ4v) is 1.93. The van der Waals surface area contributed by atoms with Gasteiger partial charge in [0.1, 0.15) is 11.9 Å². The number of ether oxygens (including phenoxy) is 2. The summed E-state index contributed by atoms with van der Waals surface area (Å²) in [5.41, 5.74) is 1.86. The Hall–Kier alpha value is -1.91. The van der Waals surface area contributed by atoms with Crippen LogP contribution in [0, 0.1) is 0 Å². The summed E-state index contributed by atoms with van der Waals surface area (Å²) in [4.78, 5) is 11.4. The van der Waals surface area contributed by atoms with E-state index in [1.54, 1.807) is 13.8 Å². The molecule has 0 N–H and O–H groups in total. The third kappa shape index (κ3) is 3.30. The van der Waals surface area contributed by atoms with Gasteiger partial charge in [0.25, 0.3) is 0 Å². The van der Waals surface area contributed by atoms with Crippen LogP contribution in [0.15, 0.2) is 28.4 Å². The molecule has 1 heterocycles. The van der Waals surface area contributed by atoms with E-state index in [9.17, 15) is 4.79 Å². The van der Waals surface area contributed by atoms with E-state index in [4.69, 9.17) is 9.47 Å². The van der Waals surface area contributed by atoms with Gasteiger partial charge in [-0.15, -0.1) is 0 Å². The van der Waals surface area contributed by atoms with Crippen molar-refractivity contribution in [1.29, 1.82) is 0 Å². The first kappa shape index (κ1) is 13.5. The number of hydrogen-bond acceptors (Lipinski definition) is 5. The van der Waals surface area contributed by atoms with Crippen LogP contribution in [0.5, 0.6) is 5.75 Å². The molecule has 2 rings (SSSR count). The molecule has 2 atom stereocenters. The number of esters is 1. The van der Waals surface area contributed by atoms with Gasteiger partial charge in [0.15, 0.2) is 6.04 Å². The predicted octanol–water partition coefficient (Wildman–Crippen LogP) is 3.05. The van der Waals surface area contributed by atoms with Crippen molar-refractivity contribution in [3.05, 3.63) is 23.8 Å². The molecule has 19 heavy (non-hydrogen) atoms. The van der Waals surface area contributed by atoms with Crippen LogP contribution in [-0.4, -0.2) is 24.7 Å². The van der Waals surface area contributed by atoms with E-state index in [1.807, 2.05) is 25.1 Å². The van der Waals surface area contributed by atoms with Crippen molar-refractivity contribution in [3.8, 4) is 5.75 Å². The minimum absolute atomic E-state index is 0.209. The highest BCUT2D eigenvalue weighted by Gasteiger charge is 2.19. The van der Waals surface area contributed by atoms with Crippen LogP contribution in [0.1, 0.15) is 26.3 Å². The number of benzene rings is 1. The molecule has 0 saturated heterocycles. The number of hydrogen-bond donors (Lipinski definition) is 0. The van der Waals surface area contributed by atoms with Gasteiger partial charge in [-0.05, 0) is 44.5 Å². The predicted molar refractivity (Wildman–Crippen MR) is 70.8 cm³/mol. The molecule has 0 radical (unpaired) electrons. The molecular weight excluding hydrogens is 244 g/mol. The molecule has 102 valence electrons. The second-order valence-electron chi connectivity index (χ2n) is 4.57. The van der Waals surface area contributed by atoms with Gasteiger partial charge in [-0.1, -0.05) is 0 Å². The van der Waals surface area contributed by atoms with Gasteiger partial charge in [0.2, 0.25) is 0 Å². The van der Waals surface area contributed by atoms with E-state index in [2.05, 4.69) is 10.2 Å². The van der Waals surface area contributed by atoms with Crippen LogP contribution in [0.3, 0.4) is 0 Å². The molecule has 1 aliphatic heterocycles. The van der Waals surface area contributed by atoms with Crippen molar-refractivity contribution in [2.75, 3.05) is 6.61 Å². The van der Waals surface area contributed by atoms with Crippen LogP contribution in [-0.2, 0) is 16.0 Å². The number of carbonyl (C=O) groups is 1. The van der Waals surface area contributed by atoms with Crippen molar-refractivity contribution in [3.63, 3.8) is 0 Å². The Kier molecular flexibility index (Phi) is 4.14. The zero-order chi connectivity index (χ0) is 13.8. The van der Waals surface area contributed by atoms with E-state index in [1.165, 1.54) is 0 Å². The third-order valence-corrected chi connectivity index (χ3v) is 2.85. The van der Waals surface area contributed by atoms with Gasteiger partial charge >= 0.3 is 5.97 Å². The van der Waals surface area contributed by atoms with Gasteiger partial charge in [-0.25, -0.2) is 4.79 Å². The zero-order valence-electron chi connectivity index (χ0n) is 11.4.